The van der Waals surface area contributed by atoms with Gasteiger partial charge in [-0.1, -0.05) is 29.5 Å². The average Bonchev–Trinajstić information content (AvgIpc) is 3.43. The molecule has 2 aromatic heterocycles. The molecule has 11 heteroatoms. The molecule has 1 amide bonds. The summed E-state index contributed by atoms with van der Waals surface area (Å²) in [5.74, 6) is -0.661. The maximum atomic E-state index is 14.0. The van der Waals surface area contributed by atoms with E-state index >= 15 is 0 Å². The molecule has 1 aliphatic rings. The van der Waals surface area contributed by atoms with Gasteiger partial charge in [-0.2, -0.15) is 13.9 Å². The fourth-order valence-electron chi connectivity index (χ4n) is 3.70. The van der Waals surface area contributed by atoms with Crippen LogP contribution < -0.4 is 4.74 Å². The maximum absolute atomic E-state index is 14.0. The number of aromatic nitrogens is 5. The third-order valence-electron chi connectivity index (χ3n) is 5.40. The Balaban J connectivity index is 1.28. The van der Waals surface area contributed by atoms with E-state index in [2.05, 4.69) is 25.2 Å². The number of ether oxygens (including phenoxy) is 1. The first-order valence-corrected chi connectivity index (χ1v) is 10.0. The number of amides is 1. The number of H-pyrrole nitrogens is 1. The van der Waals surface area contributed by atoms with Gasteiger partial charge in [-0.25, -0.2) is 9.07 Å². The van der Waals surface area contributed by atoms with E-state index in [0.29, 0.717) is 41.2 Å². The summed E-state index contributed by atoms with van der Waals surface area (Å²) >= 11 is 0. The lowest BCUT2D eigenvalue weighted by Crippen LogP contribution is -2.50. The summed E-state index contributed by atoms with van der Waals surface area (Å²) in [5, 5.41) is 14.8. The number of benzene rings is 2. The fraction of sp³-hybridized carbons (Fsp3) is 0.182. The van der Waals surface area contributed by atoms with E-state index in [1.165, 1.54) is 24.4 Å². The lowest BCUT2D eigenvalue weighted by Gasteiger charge is -2.38. The van der Waals surface area contributed by atoms with E-state index in [9.17, 15) is 18.0 Å². The van der Waals surface area contributed by atoms with Crippen molar-refractivity contribution in [2.45, 2.75) is 12.7 Å². The van der Waals surface area contributed by atoms with Gasteiger partial charge in [0.25, 0.3) is 5.91 Å². The molecular formula is C22H17F3N6O2. The second-order valence-corrected chi connectivity index (χ2v) is 7.49. The number of halogens is 3. The van der Waals surface area contributed by atoms with Crippen molar-refractivity contribution in [3.8, 4) is 28.3 Å². The van der Waals surface area contributed by atoms with Gasteiger partial charge >= 0.3 is 6.61 Å². The van der Waals surface area contributed by atoms with E-state index in [4.69, 9.17) is 0 Å². The molecule has 2 aromatic carbocycles. The molecule has 0 bridgehead atoms. The van der Waals surface area contributed by atoms with Crippen molar-refractivity contribution >= 4 is 5.91 Å². The second-order valence-electron chi connectivity index (χ2n) is 7.49. The van der Waals surface area contributed by atoms with Crippen LogP contribution in [0.1, 0.15) is 16.4 Å². The monoisotopic (exact) mass is 454 g/mol. The molecule has 0 atom stereocenters. The molecule has 0 radical (unpaired) electrons. The van der Waals surface area contributed by atoms with Crippen molar-refractivity contribution in [3.05, 3.63) is 72.3 Å². The van der Waals surface area contributed by atoms with Crippen molar-refractivity contribution in [3.63, 3.8) is 0 Å². The Kier molecular flexibility index (Phi) is 5.29. The van der Waals surface area contributed by atoms with Crippen LogP contribution in [0.15, 0.2) is 60.9 Å². The van der Waals surface area contributed by atoms with Gasteiger partial charge in [0.15, 0.2) is 0 Å². The van der Waals surface area contributed by atoms with Gasteiger partial charge in [0.2, 0.25) is 0 Å². The highest BCUT2D eigenvalue weighted by Crippen LogP contribution is 2.30. The number of aromatic amines is 1. The Morgan fingerprint density at radius 1 is 1.15 bits per heavy atom. The Hall–Kier alpha value is -4.15. The SMILES string of the molecule is O=C(c1cn[nH]c1-c1cccc(OC(F)F)c1)N1CC(n2cc(-c3ccccc3F)nn2)C1. The zero-order chi connectivity index (χ0) is 22.9. The summed E-state index contributed by atoms with van der Waals surface area (Å²) in [7, 11) is 0. The third kappa shape index (κ3) is 4.04. The van der Waals surface area contributed by atoms with Crippen molar-refractivity contribution < 1.29 is 22.7 Å². The van der Waals surface area contributed by atoms with Gasteiger partial charge in [-0.3, -0.25) is 9.89 Å². The number of alkyl halides is 2. The van der Waals surface area contributed by atoms with Gasteiger partial charge in [-0.05, 0) is 24.3 Å². The molecule has 4 aromatic rings. The molecule has 1 fully saturated rings. The van der Waals surface area contributed by atoms with Crippen LogP contribution in [0.5, 0.6) is 5.75 Å². The summed E-state index contributed by atoms with van der Waals surface area (Å²) in [6, 6.07) is 12.2. The largest absolute Gasteiger partial charge is 0.435 e. The van der Waals surface area contributed by atoms with E-state index in [1.54, 1.807) is 46.1 Å². The Bertz CT molecular complexity index is 1300. The highest BCUT2D eigenvalue weighted by Gasteiger charge is 2.35. The van der Waals surface area contributed by atoms with Crippen LogP contribution in [-0.2, 0) is 0 Å². The van der Waals surface area contributed by atoms with Crippen molar-refractivity contribution in [2.75, 3.05) is 13.1 Å². The van der Waals surface area contributed by atoms with Crippen LogP contribution in [0.2, 0.25) is 0 Å². The minimum atomic E-state index is -2.95. The van der Waals surface area contributed by atoms with E-state index < -0.39 is 6.61 Å². The van der Waals surface area contributed by atoms with Crippen molar-refractivity contribution in [1.29, 1.82) is 0 Å². The quantitative estimate of drug-likeness (QED) is 0.479. The predicted octanol–water partition coefficient (Wildman–Crippen LogP) is 3.77. The zero-order valence-electron chi connectivity index (χ0n) is 17.0. The van der Waals surface area contributed by atoms with Crippen LogP contribution in [0, 0.1) is 5.82 Å². The molecule has 8 nitrogen and oxygen atoms in total. The molecule has 1 saturated heterocycles. The minimum absolute atomic E-state index is 0.0173. The van der Waals surface area contributed by atoms with Gasteiger partial charge in [0, 0.05) is 24.2 Å². The number of likely N-dealkylation sites (tertiary alicyclic amines) is 1. The molecule has 0 aliphatic carbocycles. The summed E-state index contributed by atoms with van der Waals surface area (Å²) in [4.78, 5) is 14.6. The smallest absolute Gasteiger partial charge is 0.387 e. The average molecular weight is 454 g/mol. The van der Waals surface area contributed by atoms with Crippen LogP contribution in [0.4, 0.5) is 13.2 Å². The molecule has 0 spiro atoms. The molecule has 168 valence electrons. The number of hydrogen-bond donors (Lipinski definition) is 1. The molecule has 5 rings (SSSR count). The number of nitrogens with zero attached hydrogens (tertiary/aromatic N) is 5. The maximum Gasteiger partial charge on any atom is 0.387 e. The molecule has 0 saturated carbocycles. The number of carbonyl (C=O) groups excluding carboxylic acids is 1. The molecule has 3 heterocycles. The Morgan fingerprint density at radius 3 is 2.76 bits per heavy atom. The first kappa shape index (κ1) is 20.7. The highest BCUT2D eigenvalue weighted by molar-refractivity contribution is 6.00. The first-order chi connectivity index (χ1) is 16.0. The summed E-state index contributed by atoms with van der Waals surface area (Å²) in [6.45, 7) is -2.17. The van der Waals surface area contributed by atoms with Gasteiger partial charge < -0.3 is 9.64 Å². The van der Waals surface area contributed by atoms with Crippen LogP contribution >= 0.6 is 0 Å². The highest BCUT2D eigenvalue weighted by atomic mass is 19.3. The van der Waals surface area contributed by atoms with E-state index in [0.717, 1.165) is 0 Å². The lowest BCUT2D eigenvalue weighted by molar-refractivity contribution is -0.0498. The topological polar surface area (TPSA) is 88.9 Å². The van der Waals surface area contributed by atoms with Gasteiger partial charge in [0.1, 0.15) is 17.3 Å². The number of hydrogen-bond acceptors (Lipinski definition) is 5. The molecule has 1 aliphatic heterocycles. The standard InChI is InChI=1S/C22H17F3N6O2/c23-18-7-2-1-6-16(18)19-12-31(29-27-19)14-10-30(11-14)21(32)17-9-26-28-20(17)13-4-3-5-15(8-13)33-22(24)25/h1-9,12,14,22H,10-11H2,(H,26,28). The zero-order valence-corrected chi connectivity index (χ0v) is 17.0. The third-order valence-corrected chi connectivity index (χ3v) is 5.40. The molecule has 0 unspecified atom stereocenters. The summed E-state index contributed by atoms with van der Waals surface area (Å²) in [6.07, 6.45) is 3.06. The van der Waals surface area contributed by atoms with Gasteiger partial charge in [0.05, 0.1) is 29.7 Å². The molecule has 33 heavy (non-hydrogen) atoms. The second kappa shape index (κ2) is 8.41. The predicted molar refractivity (Wildman–Crippen MR) is 111 cm³/mol. The molecule has 1 N–H and O–H groups in total. The van der Waals surface area contributed by atoms with Gasteiger partial charge in [-0.15, -0.1) is 5.10 Å². The van der Waals surface area contributed by atoms with Crippen molar-refractivity contribution in [2.24, 2.45) is 0 Å². The van der Waals surface area contributed by atoms with E-state index in [-0.39, 0.29) is 23.5 Å². The molecular weight excluding hydrogens is 437 g/mol. The summed E-state index contributed by atoms with van der Waals surface area (Å²) < 4.78 is 45.1. The van der Waals surface area contributed by atoms with E-state index in [1.807, 2.05) is 0 Å². The van der Waals surface area contributed by atoms with Crippen LogP contribution in [0.3, 0.4) is 0 Å². The number of nitrogens with one attached hydrogen (secondary N) is 1. The van der Waals surface area contributed by atoms with Crippen LogP contribution in [-0.4, -0.2) is 55.7 Å². The minimum Gasteiger partial charge on any atom is -0.435 e. The first-order valence-electron chi connectivity index (χ1n) is 10.0. The Labute approximate surface area is 185 Å². The fourth-order valence-corrected chi connectivity index (χ4v) is 3.70. The lowest BCUT2D eigenvalue weighted by atomic mass is 10.0. The Morgan fingerprint density at radius 2 is 1.97 bits per heavy atom. The normalized spacial score (nSPS) is 13.9. The summed E-state index contributed by atoms with van der Waals surface area (Å²) in [5.41, 5.74) is 1.99. The number of carbonyl (C=O) groups is 1. The van der Waals surface area contributed by atoms with Crippen molar-refractivity contribution in [1.82, 2.24) is 30.1 Å². The number of rotatable bonds is 6. The van der Waals surface area contributed by atoms with Crippen LogP contribution in [0.25, 0.3) is 22.5 Å².